The van der Waals surface area contributed by atoms with Gasteiger partial charge in [0, 0.05) is 18.5 Å². The minimum Gasteiger partial charge on any atom is -0.300 e. The number of rotatable bonds is 7. The molecule has 1 unspecified atom stereocenters. The highest BCUT2D eigenvalue weighted by Crippen LogP contribution is 2.30. The number of ketones is 1. The molecule has 0 aliphatic heterocycles. The first kappa shape index (κ1) is 12.7. The van der Waals surface area contributed by atoms with Crippen molar-refractivity contribution in [3.63, 3.8) is 0 Å². The van der Waals surface area contributed by atoms with E-state index in [0.29, 0.717) is 18.2 Å². The van der Waals surface area contributed by atoms with Crippen LogP contribution in [0.5, 0.6) is 0 Å². The van der Waals surface area contributed by atoms with Crippen LogP contribution in [-0.2, 0) is 4.79 Å². The lowest BCUT2D eigenvalue weighted by Crippen LogP contribution is -2.37. The van der Waals surface area contributed by atoms with Gasteiger partial charge >= 0.3 is 0 Å². The maximum Gasteiger partial charge on any atom is 0.131 e. The zero-order valence-electron chi connectivity index (χ0n) is 10.6. The fraction of sp³-hybridized carbons (Fsp3) is 0.923. The maximum atomic E-state index is 11.1. The zero-order valence-corrected chi connectivity index (χ0v) is 10.6. The topological polar surface area (TPSA) is 20.3 Å². The van der Waals surface area contributed by atoms with Crippen LogP contribution >= 0.6 is 0 Å². The standard InChI is InChI=1S/C13H25NO/c1-10(2)7-8-14(13-5-6-13)11(3)9-12(4)15/h10-11,13H,5-9H2,1-4H3. The first-order chi connectivity index (χ1) is 7.00. The Morgan fingerprint density at radius 2 is 1.93 bits per heavy atom. The molecule has 1 rings (SSSR count). The molecule has 1 aliphatic carbocycles. The van der Waals surface area contributed by atoms with Gasteiger partial charge < -0.3 is 0 Å². The van der Waals surface area contributed by atoms with Crippen LogP contribution in [0, 0.1) is 5.92 Å². The lowest BCUT2D eigenvalue weighted by atomic mass is 10.1. The SMILES string of the molecule is CC(=O)CC(C)N(CCC(C)C)C1CC1. The van der Waals surface area contributed by atoms with Crippen LogP contribution in [0.15, 0.2) is 0 Å². The molecular weight excluding hydrogens is 186 g/mol. The third kappa shape index (κ3) is 4.78. The average molecular weight is 211 g/mol. The second-order valence-corrected chi connectivity index (χ2v) is 5.41. The highest BCUT2D eigenvalue weighted by atomic mass is 16.1. The molecule has 88 valence electrons. The number of Topliss-reactive ketones (excluding diaryl/α,β-unsaturated/α-hetero) is 1. The molecule has 0 radical (unpaired) electrons. The van der Waals surface area contributed by atoms with Crippen molar-refractivity contribution in [1.29, 1.82) is 0 Å². The van der Waals surface area contributed by atoms with Crippen LogP contribution < -0.4 is 0 Å². The second kappa shape index (κ2) is 5.64. The van der Waals surface area contributed by atoms with E-state index in [-0.39, 0.29) is 0 Å². The predicted octanol–water partition coefficient (Wildman–Crippen LogP) is 2.86. The summed E-state index contributed by atoms with van der Waals surface area (Å²) in [6.45, 7) is 9.59. The number of carbonyl (C=O) groups excluding carboxylic acids is 1. The Kier molecular flexibility index (Phi) is 4.78. The number of hydrogen-bond acceptors (Lipinski definition) is 2. The van der Waals surface area contributed by atoms with Crippen molar-refractivity contribution in [3.05, 3.63) is 0 Å². The average Bonchev–Trinajstić information content (AvgIpc) is 2.86. The van der Waals surface area contributed by atoms with Gasteiger partial charge in [-0.3, -0.25) is 9.69 Å². The third-order valence-electron chi connectivity index (χ3n) is 3.13. The Balaban J connectivity index is 2.38. The molecule has 0 saturated heterocycles. The van der Waals surface area contributed by atoms with Gasteiger partial charge in [-0.15, -0.1) is 0 Å². The van der Waals surface area contributed by atoms with E-state index in [1.165, 1.54) is 19.3 Å². The van der Waals surface area contributed by atoms with Crippen molar-refractivity contribution in [1.82, 2.24) is 4.90 Å². The monoisotopic (exact) mass is 211 g/mol. The normalized spacial score (nSPS) is 18.5. The van der Waals surface area contributed by atoms with E-state index in [0.717, 1.165) is 18.5 Å². The summed E-state index contributed by atoms with van der Waals surface area (Å²) in [6.07, 6.45) is 4.63. The minimum atomic E-state index is 0.317. The Bertz CT molecular complexity index is 209. The molecule has 15 heavy (non-hydrogen) atoms. The summed E-state index contributed by atoms with van der Waals surface area (Å²) in [6, 6.07) is 1.21. The van der Waals surface area contributed by atoms with Gasteiger partial charge in [0.2, 0.25) is 0 Å². The highest BCUT2D eigenvalue weighted by Gasteiger charge is 2.32. The Hall–Kier alpha value is -0.370. The van der Waals surface area contributed by atoms with Gasteiger partial charge in [0.05, 0.1) is 0 Å². The Morgan fingerprint density at radius 1 is 1.33 bits per heavy atom. The van der Waals surface area contributed by atoms with E-state index in [2.05, 4.69) is 25.7 Å². The first-order valence-corrected chi connectivity index (χ1v) is 6.26. The predicted molar refractivity (Wildman–Crippen MR) is 63.9 cm³/mol. The molecule has 2 heteroatoms. The largest absolute Gasteiger partial charge is 0.300 e. The van der Waals surface area contributed by atoms with Crippen LogP contribution in [0.3, 0.4) is 0 Å². The van der Waals surface area contributed by atoms with Crippen LogP contribution in [0.4, 0.5) is 0 Å². The van der Waals surface area contributed by atoms with Gasteiger partial charge in [-0.25, -0.2) is 0 Å². The fourth-order valence-electron chi connectivity index (χ4n) is 2.11. The van der Waals surface area contributed by atoms with E-state index in [1.54, 1.807) is 6.92 Å². The van der Waals surface area contributed by atoms with Crippen molar-refractivity contribution in [2.45, 2.75) is 65.5 Å². The molecule has 0 bridgehead atoms. The smallest absolute Gasteiger partial charge is 0.131 e. The summed E-state index contributed by atoms with van der Waals surface area (Å²) < 4.78 is 0. The van der Waals surface area contributed by atoms with Crippen LogP contribution in [0.25, 0.3) is 0 Å². The maximum absolute atomic E-state index is 11.1. The molecule has 1 atom stereocenters. The number of nitrogens with zero attached hydrogens (tertiary/aromatic N) is 1. The quantitative estimate of drug-likeness (QED) is 0.645. The third-order valence-corrected chi connectivity index (χ3v) is 3.13. The van der Waals surface area contributed by atoms with Gasteiger partial charge in [0.15, 0.2) is 0 Å². The molecule has 0 N–H and O–H groups in total. The lowest BCUT2D eigenvalue weighted by molar-refractivity contribution is -0.118. The van der Waals surface area contributed by atoms with Crippen LogP contribution in [0.2, 0.25) is 0 Å². The van der Waals surface area contributed by atoms with Crippen molar-refractivity contribution < 1.29 is 4.79 Å². The summed E-state index contributed by atoms with van der Waals surface area (Å²) in [5.74, 6) is 1.08. The summed E-state index contributed by atoms with van der Waals surface area (Å²) in [5.41, 5.74) is 0. The van der Waals surface area contributed by atoms with Crippen molar-refractivity contribution in [2.24, 2.45) is 5.92 Å². The summed E-state index contributed by atoms with van der Waals surface area (Å²) in [4.78, 5) is 13.7. The summed E-state index contributed by atoms with van der Waals surface area (Å²) in [5, 5.41) is 0. The highest BCUT2D eigenvalue weighted by molar-refractivity contribution is 5.76. The van der Waals surface area contributed by atoms with Gasteiger partial charge in [-0.2, -0.15) is 0 Å². The van der Waals surface area contributed by atoms with Crippen molar-refractivity contribution in [3.8, 4) is 0 Å². The minimum absolute atomic E-state index is 0.317. The molecule has 1 aliphatic rings. The Labute approximate surface area is 94.0 Å². The van der Waals surface area contributed by atoms with Crippen LogP contribution in [0.1, 0.15) is 53.4 Å². The molecule has 0 aromatic heterocycles. The van der Waals surface area contributed by atoms with Gasteiger partial charge in [-0.05, 0) is 45.6 Å². The van der Waals surface area contributed by atoms with Gasteiger partial charge in [0.1, 0.15) is 5.78 Å². The second-order valence-electron chi connectivity index (χ2n) is 5.41. The molecule has 0 aromatic rings. The molecule has 1 fully saturated rings. The number of hydrogen-bond donors (Lipinski definition) is 0. The molecule has 1 saturated carbocycles. The zero-order chi connectivity index (χ0) is 11.4. The molecular formula is C13H25NO. The molecule has 0 spiro atoms. The molecule has 0 aromatic carbocycles. The molecule has 2 nitrogen and oxygen atoms in total. The van der Waals surface area contributed by atoms with Crippen molar-refractivity contribution in [2.75, 3.05) is 6.54 Å². The first-order valence-electron chi connectivity index (χ1n) is 6.26. The summed E-state index contributed by atoms with van der Waals surface area (Å²) >= 11 is 0. The van der Waals surface area contributed by atoms with E-state index in [4.69, 9.17) is 0 Å². The van der Waals surface area contributed by atoms with Crippen molar-refractivity contribution >= 4 is 5.78 Å². The molecule has 0 amide bonds. The number of carbonyl (C=O) groups is 1. The molecule has 0 heterocycles. The van der Waals surface area contributed by atoms with E-state index in [1.807, 2.05) is 0 Å². The van der Waals surface area contributed by atoms with E-state index < -0.39 is 0 Å². The fourth-order valence-corrected chi connectivity index (χ4v) is 2.11. The Morgan fingerprint density at radius 3 is 2.33 bits per heavy atom. The van der Waals surface area contributed by atoms with Crippen LogP contribution in [-0.4, -0.2) is 29.3 Å². The van der Waals surface area contributed by atoms with E-state index in [9.17, 15) is 4.79 Å². The van der Waals surface area contributed by atoms with E-state index >= 15 is 0 Å². The van der Waals surface area contributed by atoms with Gasteiger partial charge in [-0.1, -0.05) is 13.8 Å². The summed E-state index contributed by atoms with van der Waals surface area (Å²) in [7, 11) is 0. The lowest BCUT2D eigenvalue weighted by Gasteiger charge is -2.29. The van der Waals surface area contributed by atoms with Gasteiger partial charge in [0.25, 0.3) is 0 Å².